The van der Waals surface area contributed by atoms with E-state index in [2.05, 4.69) is 15.3 Å². The van der Waals surface area contributed by atoms with Crippen molar-refractivity contribution in [3.63, 3.8) is 0 Å². The molecule has 5 nitrogen and oxygen atoms in total. The second-order valence-electron chi connectivity index (χ2n) is 4.57. The summed E-state index contributed by atoms with van der Waals surface area (Å²) in [5.74, 6) is -0.997. The number of aryl methyl sites for hydroxylation is 1. The van der Waals surface area contributed by atoms with E-state index in [-0.39, 0.29) is 5.69 Å². The molecular formula is C15H13N3O2S. The van der Waals surface area contributed by atoms with Gasteiger partial charge >= 0.3 is 5.97 Å². The van der Waals surface area contributed by atoms with Gasteiger partial charge in [0.2, 0.25) is 0 Å². The van der Waals surface area contributed by atoms with Crippen molar-refractivity contribution in [2.45, 2.75) is 13.5 Å². The number of para-hydroxylation sites is 1. The molecule has 3 aromatic rings. The van der Waals surface area contributed by atoms with Crippen LogP contribution in [-0.4, -0.2) is 21.0 Å². The number of nitrogens with zero attached hydrogens (tertiary/aromatic N) is 2. The summed E-state index contributed by atoms with van der Waals surface area (Å²) < 4.78 is 0. The second-order valence-corrected chi connectivity index (χ2v) is 5.78. The van der Waals surface area contributed by atoms with Gasteiger partial charge in [0.15, 0.2) is 10.8 Å². The molecule has 2 heterocycles. The topological polar surface area (TPSA) is 75.1 Å². The molecule has 2 N–H and O–H groups in total. The third-order valence-corrected chi connectivity index (χ3v) is 4.07. The van der Waals surface area contributed by atoms with Crippen molar-refractivity contribution in [1.82, 2.24) is 9.97 Å². The minimum Gasteiger partial charge on any atom is -0.476 e. The number of carbonyl (C=O) groups is 1. The summed E-state index contributed by atoms with van der Waals surface area (Å²) in [6, 6.07) is 9.92. The number of pyridine rings is 1. The summed E-state index contributed by atoms with van der Waals surface area (Å²) in [4.78, 5) is 20.2. The van der Waals surface area contributed by atoms with Crippen molar-refractivity contribution in [2.75, 3.05) is 5.32 Å². The highest BCUT2D eigenvalue weighted by molar-refractivity contribution is 7.15. The number of aromatic carboxylic acids is 1. The molecule has 0 radical (unpaired) electrons. The van der Waals surface area contributed by atoms with E-state index in [1.807, 2.05) is 30.3 Å². The molecule has 1 aromatic carbocycles. The van der Waals surface area contributed by atoms with Crippen LogP contribution < -0.4 is 5.32 Å². The molecule has 2 aromatic heterocycles. The molecule has 6 heteroatoms. The zero-order chi connectivity index (χ0) is 14.8. The van der Waals surface area contributed by atoms with E-state index in [0.717, 1.165) is 16.5 Å². The maximum atomic E-state index is 11.0. The highest BCUT2D eigenvalue weighted by Crippen LogP contribution is 2.23. The van der Waals surface area contributed by atoms with Gasteiger partial charge < -0.3 is 10.4 Å². The summed E-state index contributed by atoms with van der Waals surface area (Å²) in [5, 5.41) is 13.9. The highest BCUT2D eigenvalue weighted by Gasteiger charge is 2.14. The minimum absolute atomic E-state index is 0.110. The lowest BCUT2D eigenvalue weighted by atomic mass is 10.1. The molecule has 0 saturated carbocycles. The van der Waals surface area contributed by atoms with E-state index >= 15 is 0 Å². The Morgan fingerprint density at radius 2 is 2.14 bits per heavy atom. The van der Waals surface area contributed by atoms with Crippen molar-refractivity contribution < 1.29 is 9.90 Å². The molecular weight excluding hydrogens is 286 g/mol. The smallest absolute Gasteiger partial charge is 0.355 e. The van der Waals surface area contributed by atoms with Crippen molar-refractivity contribution in [3.8, 4) is 0 Å². The molecule has 0 spiro atoms. The molecule has 0 fully saturated rings. The summed E-state index contributed by atoms with van der Waals surface area (Å²) in [7, 11) is 0. The fourth-order valence-corrected chi connectivity index (χ4v) is 2.95. The maximum Gasteiger partial charge on any atom is 0.355 e. The van der Waals surface area contributed by atoms with Crippen LogP contribution in [0.5, 0.6) is 0 Å². The Balaban J connectivity index is 1.84. The Morgan fingerprint density at radius 3 is 2.90 bits per heavy atom. The fraction of sp³-hybridized carbons (Fsp3) is 0.133. The van der Waals surface area contributed by atoms with Crippen LogP contribution in [0.4, 0.5) is 5.13 Å². The van der Waals surface area contributed by atoms with Gasteiger partial charge in [-0.3, -0.25) is 4.98 Å². The Hall–Kier alpha value is -2.47. The van der Waals surface area contributed by atoms with Gasteiger partial charge in [0.1, 0.15) is 0 Å². The van der Waals surface area contributed by atoms with Crippen LogP contribution in [0.2, 0.25) is 0 Å². The molecule has 0 saturated heterocycles. The number of aromatic nitrogens is 2. The summed E-state index contributed by atoms with van der Waals surface area (Å²) in [5.41, 5.74) is 2.11. The number of rotatable bonds is 4. The number of hydrogen-bond acceptors (Lipinski definition) is 5. The molecule has 0 unspecified atom stereocenters. The summed E-state index contributed by atoms with van der Waals surface area (Å²) in [6.45, 7) is 2.31. The molecule has 0 bridgehead atoms. The minimum atomic E-state index is -0.997. The Bertz CT molecular complexity index is 808. The van der Waals surface area contributed by atoms with Gasteiger partial charge in [-0.1, -0.05) is 24.3 Å². The Morgan fingerprint density at radius 1 is 1.33 bits per heavy atom. The van der Waals surface area contributed by atoms with Gasteiger partial charge in [-0.15, -0.1) is 11.3 Å². The van der Waals surface area contributed by atoms with Crippen molar-refractivity contribution in [3.05, 3.63) is 52.7 Å². The average molecular weight is 299 g/mol. The van der Waals surface area contributed by atoms with Crippen LogP contribution in [0.15, 0.2) is 36.5 Å². The average Bonchev–Trinajstić information content (AvgIpc) is 2.86. The van der Waals surface area contributed by atoms with E-state index in [1.54, 1.807) is 13.1 Å². The van der Waals surface area contributed by atoms with Crippen LogP contribution in [0.25, 0.3) is 10.9 Å². The number of carboxylic acid groups (broad SMARTS) is 1. The van der Waals surface area contributed by atoms with E-state index < -0.39 is 5.97 Å². The number of benzene rings is 1. The fourth-order valence-electron chi connectivity index (χ4n) is 2.15. The number of anilines is 1. The lowest BCUT2D eigenvalue weighted by Crippen LogP contribution is -2.02. The Kier molecular flexibility index (Phi) is 3.53. The lowest BCUT2D eigenvalue weighted by molar-refractivity contribution is 0.0690. The SMILES string of the molecule is Cc1sc(NCc2cccc3cccnc23)nc1C(=O)O. The number of fused-ring (bicyclic) bond motifs is 1. The third-order valence-electron chi connectivity index (χ3n) is 3.15. The molecule has 0 aliphatic heterocycles. The highest BCUT2D eigenvalue weighted by atomic mass is 32.1. The predicted octanol–water partition coefficient (Wildman–Crippen LogP) is 3.31. The van der Waals surface area contributed by atoms with Gasteiger partial charge in [0.05, 0.1) is 5.52 Å². The van der Waals surface area contributed by atoms with Crippen molar-refractivity contribution in [1.29, 1.82) is 0 Å². The summed E-state index contributed by atoms with van der Waals surface area (Å²) in [6.07, 6.45) is 1.77. The first-order valence-corrected chi connectivity index (χ1v) is 7.24. The van der Waals surface area contributed by atoms with Gasteiger partial charge in [0.25, 0.3) is 0 Å². The van der Waals surface area contributed by atoms with Crippen LogP contribution in [0.3, 0.4) is 0 Å². The van der Waals surface area contributed by atoms with E-state index in [0.29, 0.717) is 16.6 Å². The first kappa shape index (κ1) is 13.5. The first-order chi connectivity index (χ1) is 10.1. The molecule has 0 atom stereocenters. The first-order valence-electron chi connectivity index (χ1n) is 6.42. The predicted molar refractivity (Wildman–Crippen MR) is 82.9 cm³/mol. The lowest BCUT2D eigenvalue weighted by Gasteiger charge is -2.06. The largest absolute Gasteiger partial charge is 0.476 e. The van der Waals surface area contributed by atoms with Crippen LogP contribution >= 0.6 is 11.3 Å². The monoisotopic (exact) mass is 299 g/mol. The van der Waals surface area contributed by atoms with E-state index in [9.17, 15) is 4.79 Å². The van der Waals surface area contributed by atoms with Gasteiger partial charge in [-0.2, -0.15) is 0 Å². The molecule has 0 aliphatic rings. The van der Waals surface area contributed by atoms with Gasteiger partial charge in [0, 0.05) is 23.0 Å². The van der Waals surface area contributed by atoms with Crippen LogP contribution in [0, 0.1) is 6.92 Å². The number of carboxylic acids is 1. The molecule has 0 aliphatic carbocycles. The van der Waals surface area contributed by atoms with Crippen LogP contribution in [0.1, 0.15) is 20.9 Å². The summed E-state index contributed by atoms with van der Waals surface area (Å²) >= 11 is 1.34. The molecule has 21 heavy (non-hydrogen) atoms. The Labute approximate surface area is 125 Å². The molecule has 3 rings (SSSR count). The van der Waals surface area contributed by atoms with E-state index in [4.69, 9.17) is 5.11 Å². The zero-order valence-electron chi connectivity index (χ0n) is 11.3. The van der Waals surface area contributed by atoms with Crippen LogP contribution in [-0.2, 0) is 6.54 Å². The van der Waals surface area contributed by atoms with Gasteiger partial charge in [-0.05, 0) is 18.6 Å². The van der Waals surface area contributed by atoms with E-state index in [1.165, 1.54) is 11.3 Å². The van der Waals surface area contributed by atoms with Crippen molar-refractivity contribution >= 4 is 33.3 Å². The number of nitrogens with one attached hydrogen (secondary N) is 1. The zero-order valence-corrected chi connectivity index (χ0v) is 12.1. The number of thiazole rings is 1. The van der Waals surface area contributed by atoms with Crippen molar-refractivity contribution in [2.24, 2.45) is 0 Å². The third kappa shape index (κ3) is 2.71. The standard InChI is InChI=1S/C15H13N3O2S/c1-9-12(14(19)20)18-15(21-9)17-8-11-5-2-4-10-6-3-7-16-13(10)11/h2-7H,8H2,1H3,(H,17,18)(H,19,20). The quantitative estimate of drug-likeness (QED) is 0.773. The molecule has 106 valence electrons. The maximum absolute atomic E-state index is 11.0. The number of hydrogen-bond donors (Lipinski definition) is 2. The molecule has 0 amide bonds. The second kappa shape index (κ2) is 5.49. The normalized spacial score (nSPS) is 10.7. The van der Waals surface area contributed by atoms with Gasteiger partial charge in [-0.25, -0.2) is 9.78 Å².